The second kappa shape index (κ2) is 8.54. The summed E-state index contributed by atoms with van der Waals surface area (Å²) in [6.45, 7) is 4.28. The van der Waals surface area contributed by atoms with E-state index >= 15 is 0 Å². The van der Waals surface area contributed by atoms with E-state index in [9.17, 15) is 13.7 Å². The molecule has 0 unspecified atom stereocenters. The van der Waals surface area contributed by atoms with Crippen molar-refractivity contribution >= 4 is 15.9 Å². The van der Waals surface area contributed by atoms with Crippen molar-refractivity contribution in [1.82, 2.24) is 0 Å². The third kappa shape index (κ3) is 4.24. The van der Waals surface area contributed by atoms with Gasteiger partial charge in [0, 0.05) is 5.56 Å². The van der Waals surface area contributed by atoms with Crippen LogP contribution in [0.25, 0.3) is 6.08 Å². The number of ether oxygens (including phenoxy) is 2. The van der Waals surface area contributed by atoms with Gasteiger partial charge in [-0.2, -0.15) is 5.26 Å². The highest BCUT2D eigenvalue weighted by molar-refractivity contribution is 7.95. The van der Waals surface area contributed by atoms with Crippen molar-refractivity contribution in [3.8, 4) is 17.6 Å². The van der Waals surface area contributed by atoms with Gasteiger partial charge in [0.05, 0.1) is 18.6 Å². The minimum Gasteiger partial charge on any atom is -0.493 e. The first-order chi connectivity index (χ1) is 12.4. The second-order valence-electron chi connectivity index (χ2n) is 5.66. The normalized spacial score (nSPS) is 11.7. The van der Waals surface area contributed by atoms with Crippen molar-refractivity contribution in [2.45, 2.75) is 25.2 Å². The zero-order valence-corrected chi connectivity index (χ0v) is 15.8. The van der Waals surface area contributed by atoms with Gasteiger partial charge in [-0.3, -0.25) is 0 Å². The molecule has 0 radical (unpaired) electrons. The first kappa shape index (κ1) is 19.5. The summed E-state index contributed by atoms with van der Waals surface area (Å²) in [6.07, 6.45) is 2.11. The Morgan fingerprint density at radius 1 is 1.19 bits per heavy atom. The zero-order chi connectivity index (χ0) is 19.2. The lowest BCUT2D eigenvalue weighted by Crippen LogP contribution is -2.04. The van der Waals surface area contributed by atoms with Crippen molar-refractivity contribution in [3.63, 3.8) is 0 Å². The number of hydrogen-bond acceptors (Lipinski definition) is 5. The quantitative estimate of drug-likeness (QED) is 0.684. The molecule has 0 aliphatic heterocycles. The lowest BCUT2D eigenvalue weighted by atomic mass is 10.1. The molecule has 0 aromatic heterocycles. The number of aryl methyl sites for hydroxylation is 1. The summed E-state index contributed by atoms with van der Waals surface area (Å²) in [4.78, 5) is -0.272. The van der Waals surface area contributed by atoms with Gasteiger partial charge in [-0.15, -0.1) is 0 Å². The number of methoxy groups -OCH3 is 1. The van der Waals surface area contributed by atoms with Gasteiger partial charge in [-0.05, 0) is 37.6 Å². The van der Waals surface area contributed by atoms with Gasteiger partial charge in [0.2, 0.25) is 9.84 Å². The molecule has 0 heterocycles. The summed E-state index contributed by atoms with van der Waals surface area (Å²) in [5, 5.41) is 9.46. The second-order valence-corrected chi connectivity index (χ2v) is 7.58. The number of hydrogen-bond donors (Lipinski definition) is 0. The van der Waals surface area contributed by atoms with Crippen LogP contribution in [0.15, 0.2) is 52.3 Å². The largest absolute Gasteiger partial charge is 0.493 e. The van der Waals surface area contributed by atoms with Crippen LogP contribution in [-0.2, 0) is 9.84 Å². The molecule has 6 heteroatoms. The van der Waals surface area contributed by atoms with Gasteiger partial charge in [0.15, 0.2) is 11.5 Å². The van der Waals surface area contributed by atoms with Crippen molar-refractivity contribution in [1.29, 1.82) is 5.26 Å². The summed E-state index contributed by atoms with van der Waals surface area (Å²) in [5.41, 5.74) is 1.42. The number of nitriles is 1. The molecule has 0 amide bonds. The van der Waals surface area contributed by atoms with E-state index in [0.717, 1.165) is 12.0 Å². The van der Waals surface area contributed by atoms with Gasteiger partial charge in [-0.1, -0.05) is 36.8 Å². The molecule has 0 N–H and O–H groups in total. The van der Waals surface area contributed by atoms with Gasteiger partial charge < -0.3 is 9.47 Å². The first-order valence-corrected chi connectivity index (χ1v) is 9.65. The molecule has 2 rings (SSSR count). The van der Waals surface area contributed by atoms with E-state index in [1.165, 1.54) is 25.3 Å². The Labute approximate surface area is 154 Å². The number of rotatable bonds is 7. The Balaban J connectivity index is 2.55. The first-order valence-electron chi connectivity index (χ1n) is 8.17. The van der Waals surface area contributed by atoms with Crippen LogP contribution in [0.3, 0.4) is 0 Å². The highest BCUT2D eigenvalue weighted by Crippen LogP contribution is 2.34. The van der Waals surface area contributed by atoms with Crippen LogP contribution in [-0.4, -0.2) is 22.1 Å². The SMILES string of the molecule is CCCOc1c(C=C(C#N)S(=O)(=O)c2ccc(C)cc2)cccc1OC. The lowest BCUT2D eigenvalue weighted by Gasteiger charge is -2.13. The Kier molecular flexibility index (Phi) is 6.42. The summed E-state index contributed by atoms with van der Waals surface area (Å²) in [7, 11) is -2.41. The van der Waals surface area contributed by atoms with E-state index in [1.807, 2.05) is 13.8 Å². The van der Waals surface area contributed by atoms with Crippen LogP contribution in [0.5, 0.6) is 11.5 Å². The average Bonchev–Trinajstić information content (AvgIpc) is 2.64. The Hall–Kier alpha value is -2.78. The maximum absolute atomic E-state index is 12.8. The molecule has 136 valence electrons. The molecule has 2 aromatic rings. The molecule has 5 nitrogen and oxygen atoms in total. The number of allylic oxidation sites excluding steroid dienone is 1. The molecule has 2 aromatic carbocycles. The number of benzene rings is 2. The maximum atomic E-state index is 12.8. The molecule has 0 bridgehead atoms. The highest BCUT2D eigenvalue weighted by atomic mass is 32.2. The van der Waals surface area contributed by atoms with E-state index in [1.54, 1.807) is 36.4 Å². The van der Waals surface area contributed by atoms with Gasteiger partial charge in [0.25, 0.3) is 0 Å². The average molecular weight is 371 g/mol. The van der Waals surface area contributed by atoms with Crippen LogP contribution in [0.1, 0.15) is 24.5 Å². The molecule has 0 spiro atoms. The van der Waals surface area contributed by atoms with Crippen molar-refractivity contribution in [2.24, 2.45) is 0 Å². The van der Waals surface area contributed by atoms with E-state index in [2.05, 4.69) is 0 Å². The van der Waals surface area contributed by atoms with Gasteiger partial charge >= 0.3 is 0 Å². The molecule has 0 atom stereocenters. The van der Waals surface area contributed by atoms with E-state index < -0.39 is 9.84 Å². The Bertz CT molecular complexity index is 939. The highest BCUT2D eigenvalue weighted by Gasteiger charge is 2.22. The molecule has 0 fully saturated rings. The molecular weight excluding hydrogens is 350 g/mol. The van der Waals surface area contributed by atoms with E-state index in [4.69, 9.17) is 9.47 Å². The molecule has 0 saturated heterocycles. The Morgan fingerprint density at radius 2 is 1.88 bits per heavy atom. The topological polar surface area (TPSA) is 76.4 Å². The smallest absolute Gasteiger partial charge is 0.216 e. The van der Waals surface area contributed by atoms with Crippen LogP contribution in [0, 0.1) is 18.3 Å². The fourth-order valence-corrected chi connectivity index (χ4v) is 3.47. The van der Waals surface area contributed by atoms with Crippen LogP contribution >= 0.6 is 0 Å². The van der Waals surface area contributed by atoms with Gasteiger partial charge in [-0.25, -0.2) is 8.42 Å². The van der Waals surface area contributed by atoms with Crippen LogP contribution < -0.4 is 9.47 Å². The molecule has 26 heavy (non-hydrogen) atoms. The van der Waals surface area contributed by atoms with E-state index in [-0.39, 0.29) is 9.80 Å². The molecule has 0 aliphatic carbocycles. The number of sulfone groups is 1. The van der Waals surface area contributed by atoms with Gasteiger partial charge in [0.1, 0.15) is 11.0 Å². The summed E-state index contributed by atoms with van der Waals surface area (Å²) in [6, 6.07) is 13.3. The number of nitrogens with zero attached hydrogens (tertiary/aromatic N) is 1. The molecule has 0 aliphatic rings. The number of para-hydroxylation sites is 1. The maximum Gasteiger partial charge on any atom is 0.216 e. The Morgan fingerprint density at radius 3 is 2.46 bits per heavy atom. The third-order valence-corrected chi connectivity index (χ3v) is 5.38. The van der Waals surface area contributed by atoms with E-state index in [0.29, 0.717) is 23.7 Å². The summed E-state index contributed by atoms with van der Waals surface area (Å²) < 4.78 is 36.6. The third-order valence-electron chi connectivity index (χ3n) is 3.70. The lowest BCUT2D eigenvalue weighted by molar-refractivity contribution is 0.293. The minimum absolute atomic E-state index is 0.0785. The standard InChI is InChI=1S/C20H21NO4S/c1-4-12-25-20-16(6-5-7-19(20)24-3)13-18(14-21)26(22,23)17-10-8-15(2)9-11-17/h5-11,13H,4,12H2,1-3H3. The summed E-state index contributed by atoms with van der Waals surface area (Å²) in [5.74, 6) is 0.904. The molecule has 0 saturated carbocycles. The van der Waals surface area contributed by atoms with Crippen molar-refractivity contribution in [3.05, 3.63) is 58.5 Å². The van der Waals surface area contributed by atoms with Crippen molar-refractivity contribution in [2.75, 3.05) is 13.7 Å². The molecular formula is C20H21NO4S. The van der Waals surface area contributed by atoms with Crippen molar-refractivity contribution < 1.29 is 17.9 Å². The monoisotopic (exact) mass is 371 g/mol. The predicted octanol–water partition coefficient (Wildman–Crippen LogP) is 4.13. The van der Waals surface area contributed by atoms with Crippen LogP contribution in [0.4, 0.5) is 0 Å². The van der Waals surface area contributed by atoms with Crippen LogP contribution in [0.2, 0.25) is 0 Å². The fourth-order valence-electron chi connectivity index (χ4n) is 2.32. The minimum atomic E-state index is -3.92. The zero-order valence-electron chi connectivity index (χ0n) is 15.0. The predicted molar refractivity (Wildman–Crippen MR) is 101 cm³/mol. The summed E-state index contributed by atoms with van der Waals surface area (Å²) >= 11 is 0. The fraction of sp³-hybridized carbons (Fsp3) is 0.250.